The highest BCUT2D eigenvalue weighted by atomic mass is 32.2. The third-order valence-corrected chi connectivity index (χ3v) is 5.78. The number of amides is 2. The molecule has 2 rings (SSSR count). The van der Waals surface area contributed by atoms with Crippen LogP contribution in [-0.4, -0.2) is 44.3 Å². The van der Waals surface area contributed by atoms with Gasteiger partial charge in [0.05, 0.1) is 11.4 Å². The van der Waals surface area contributed by atoms with Crippen molar-refractivity contribution in [3.63, 3.8) is 0 Å². The summed E-state index contributed by atoms with van der Waals surface area (Å²) >= 11 is 0. The van der Waals surface area contributed by atoms with Gasteiger partial charge in [-0.1, -0.05) is 12.1 Å². The number of anilines is 1. The Morgan fingerprint density at radius 3 is 2.17 bits per heavy atom. The predicted molar refractivity (Wildman–Crippen MR) is 118 cm³/mol. The van der Waals surface area contributed by atoms with Crippen LogP contribution in [0.25, 0.3) is 0 Å². The van der Waals surface area contributed by atoms with Crippen molar-refractivity contribution in [2.75, 3.05) is 18.3 Å². The van der Waals surface area contributed by atoms with Crippen LogP contribution < -0.4 is 10.0 Å². The van der Waals surface area contributed by atoms with E-state index >= 15 is 0 Å². The van der Waals surface area contributed by atoms with E-state index in [-0.39, 0.29) is 28.8 Å². The van der Waals surface area contributed by atoms with Crippen molar-refractivity contribution in [2.24, 2.45) is 0 Å². The molecular weight excluding hydrogens is 402 g/mol. The molecule has 0 heterocycles. The highest BCUT2D eigenvalue weighted by Crippen LogP contribution is 2.21. The summed E-state index contributed by atoms with van der Waals surface area (Å²) in [5.74, 6) is -0.584. The molecule has 0 aliphatic carbocycles. The number of carbonyl (C=O) groups excluding carboxylic acids is 2. The maximum atomic E-state index is 12.7. The van der Waals surface area contributed by atoms with Gasteiger partial charge in [-0.2, -0.15) is 0 Å². The van der Waals surface area contributed by atoms with Gasteiger partial charge in [-0.25, -0.2) is 8.42 Å². The molecule has 0 unspecified atom stereocenters. The van der Waals surface area contributed by atoms with Crippen LogP contribution >= 0.6 is 0 Å². The van der Waals surface area contributed by atoms with E-state index in [2.05, 4.69) is 10.0 Å². The summed E-state index contributed by atoms with van der Waals surface area (Å²) in [5.41, 5.74) is 1.82. The standard InChI is InChI=1S/C22H29N3O4S/c1-15-7-8-16(2)19(13-15)30(28,29)24-18-11-9-17(10-12-18)21(27)25(6)14-20(26)23-22(3,4)5/h7-13,24H,14H2,1-6H3,(H,23,26). The Balaban J connectivity index is 2.10. The molecule has 2 aromatic rings. The Bertz CT molecular complexity index is 1040. The summed E-state index contributed by atoms with van der Waals surface area (Å²) in [6, 6.07) is 11.3. The molecule has 0 fully saturated rings. The minimum Gasteiger partial charge on any atom is -0.350 e. The van der Waals surface area contributed by atoms with Gasteiger partial charge in [0.2, 0.25) is 5.91 Å². The topological polar surface area (TPSA) is 95.6 Å². The molecule has 0 aliphatic rings. The first kappa shape index (κ1) is 23.4. The monoisotopic (exact) mass is 431 g/mol. The van der Waals surface area contributed by atoms with Gasteiger partial charge in [-0.3, -0.25) is 14.3 Å². The summed E-state index contributed by atoms with van der Waals surface area (Å²) in [5, 5.41) is 2.81. The third kappa shape index (κ3) is 6.32. The van der Waals surface area contributed by atoms with Crippen molar-refractivity contribution in [1.29, 1.82) is 0 Å². The normalized spacial score (nSPS) is 11.7. The van der Waals surface area contributed by atoms with Gasteiger partial charge in [-0.15, -0.1) is 0 Å². The van der Waals surface area contributed by atoms with E-state index < -0.39 is 10.0 Å². The van der Waals surface area contributed by atoms with Crippen LogP contribution in [0, 0.1) is 13.8 Å². The Kier molecular flexibility index (Phi) is 6.92. The number of benzene rings is 2. The Labute approximate surface area is 178 Å². The zero-order valence-corrected chi connectivity index (χ0v) is 19.1. The van der Waals surface area contributed by atoms with Crippen molar-refractivity contribution < 1.29 is 18.0 Å². The van der Waals surface area contributed by atoms with Crippen LogP contribution in [0.4, 0.5) is 5.69 Å². The molecule has 0 radical (unpaired) electrons. The maximum absolute atomic E-state index is 12.7. The summed E-state index contributed by atoms with van der Waals surface area (Å²) in [4.78, 5) is 26.1. The van der Waals surface area contributed by atoms with Crippen LogP contribution in [0.5, 0.6) is 0 Å². The molecule has 7 nitrogen and oxygen atoms in total. The predicted octanol–water partition coefficient (Wildman–Crippen LogP) is 3.09. The van der Waals surface area contributed by atoms with Crippen LogP contribution in [0.2, 0.25) is 0 Å². The molecule has 30 heavy (non-hydrogen) atoms. The quantitative estimate of drug-likeness (QED) is 0.735. The minimum absolute atomic E-state index is 0.0723. The lowest BCUT2D eigenvalue weighted by atomic mass is 10.1. The number of hydrogen-bond donors (Lipinski definition) is 2. The SMILES string of the molecule is Cc1ccc(C)c(S(=O)(=O)Nc2ccc(C(=O)N(C)CC(=O)NC(C)(C)C)cc2)c1. The summed E-state index contributed by atoms with van der Waals surface area (Å²) in [6.45, 7) is 9.09. The van der Waals surface area contributed by atoms with E-state index in [0.29, 0.717) is 16.8 Å². The first-order chi connectivity index (χ1) is 13.8. The first-order valence-electron chi connectivity index (χ1n) is 9.55. The molecule has 0 saturated heterocycles. The molecule has 162 valence electrons. The molecule has 0 aliphatic heterocycles. The largest absolute Gasteiger partial charge is 0.350 e. The summed E-state index contributed by atoms with van der Waals surface area (Å²) in [7, 11) is -2.20. The zero-order chi connectivity index (χ0) is 22.7. The van der Waals surface area contributed by atoms with E-state index in [9.17, 15) is 18.0 Å². The number of rotatable bonds is 6. The highest BCUT2D eigenvalue weighted by molar-refractivity contribution is 7.92. The highest BCUT2D eigenvalue weighted by Gasteiger charge is 2.20. The number of hydrogen-bond acceptors (Lipinski definition) is 4. The molecule has 2 amide bonds. The Morgan fingerprint density at radius 2 is 1.60 bits per heavy atom. The lowest BCUT2D eigenvalue weighted by molar-refractivity contribution is -0.122. The van der Waals surface area contributed by atoms with Crippen LogP contribution in [0.1, 0.15) is 42.3 Å². The number of likely N-dealkylation sites (N-methyl/N-ethyl adjacent to an activating group) is 1. The number of aryl methyl sites for hydroxylation is 2. The lowest BCUT2D eigenvalue weighted by Crippen LogP contribution is -2.46. The molecule has 0 atom stereocenters. The van der Waals surface area contributed by atoms with Crippen LogP contribution in [-0.2, 0) is 14.8 Å². The van der Waals surface area contributed by atoms with Crippen molar-refractivity contribution in [3.8, 4) is 0 Å². The van der Waals surface area contributed by atoms with Crippen molar-refractivity contribution >= 4 is 27.5 Å². The molecule has 2 N–H and O–H groups in total. The molecule has 0 aromatic heterocycles. The smallest absolute Gasteiger partial charge is 0.262 e. The van der Waals surface area contributed by atoms with Gasteiger partial charge < -0.3 is 10.2 Å². The average molecular weight is 432 g/mol. The molecule has 2 aromatic carbocycles. The molecule has 0 bridgehead atoms. The van der Waals surface area contributed by atoms with E-state index in [4.69, 9.17) is 0 Å². The average Bonchev–Trinajstić information content (AvgIpc) is 2.61. The fraction of sp³-hybridized carbons (Fsp3) is 0.364. The van der Waals surface area contributed by atoms with E-state index in [1.165, 1.54) is 29.2 Å². The third-order valence-electron chi connectivity index (χ3n) is 4.26. The minimum atomic E-state index is -3.75. The summed E-state index contributed by atoms with van der Waals surface area (Å²) in [6.07, 6.45) is 0. The number of carbonyl (C=O) groups is 2. The Hall–Kier alpha value is -2.87. The van der Waals surface area contributed by atoms with Crippen LogP contribution in [0.15, 0.2) is 47.4 Å². The fourth-order valence-corrected chi connectivity index (χ4v) is 4.24. The number of nitrogens with zero attached hydrogens (tertiary/aromatic N) is 1. The second kappa shape index (κ2) is 8.87. The van der Waals surface area contributed by atoms with Gasteiger partial charge in [0.1, 0.15) is 0 Å². The summed E-state index contributed by atoms with van der Waals surface area (Å²) < 4.78 is 28.0. The molecule has 8 heteroatoms. The van der Waals surface area contributed by atoms with Crippen LogP contribution in [0.3, 0.4) is 0 Å². The van der Waals surface area contributed by atoms with Crippen molar-refractivity contribution in [3.05, 3.63) is 59.2 Å². The van der Waals surface area contributed by atoms with E-state index in [1.807, 2.05) is 33.8 Å². The molecular formula is C22H29N3O4S. The zero-order valence-electron chi connectivity index (χ0n) is 18.2. The second-order valence-electron chi connectivity index (χ2n) is 8.41. The van der Waals surface area contributed by atoms with Gasteiger partial charge in [0.15, 0.2) is 0 Å². The number of sulfonamides is 1. The lowest BCUT2D eigenvalue weighted by Gasteiger charge is -2.23. The first-order valence-corrected chi connectivity index (χ1v) is 11.0. The fourth-order valence-electron chi connectivity index (χ4n) is 2.85. The molecule has 0 saturated carbocycles. The van der Waals surface area contributed by atoms with Gasteiger partial charge >= 0.3 is 0 Å². The van der Waals surface area contributed by atoms with Crippen molar-refractivity contribution in [1.82, 2.24) is 10.2 Å². The second-order valence-corrected chi connectivity index (χ2v) is 10.1. The molecule has 0 spiro atoms. The van der Waals surface area contributed by atoms with E-state index in [1.54, 1.807) is 26.1 Å². The maximum Gasteiger partial charge on any atom is 0.262 e. The van der Waals surface area contributed by atoms with Gasteiger partial charge in [-0.05, 0) is 76.1 Å². The van der Waals surface area contributed by atoms with Gasteiger partial charge in [0, 0.05) is 23.8 Å². The number of nitrogens with one attached hydrogen (secondary N) is 2. The van der Waals surface area contributed by atoms with Gasteiger partial charge in [0.25, 0.3) is 15.9 Å². The Morgan fingerprint density at radius 1 is 1.00 bits per heavy atom. The van der Waals surface area contributed by atoms with Crippen molar-refractivity contribution in [2.45, 2.75) is 45.1 Å². The van der Waals surface area contributed by atoms with E-state index in [0.717, 1.165) is 5.56 Å².